The summed E-state index contributed by atoms with van der Waals surface area (Å²) in [6, 6.07) is 15.0. The first kappa shape index (κ1) is 18.7. The normalized spacial score (nSPS) is 11.0. The molecular weight excluding hydrogens is 360 g/mol. The minimum absolute atomic E-state index is 0.397. The van der Waals surface area contributed by atoms with Crippen molar-refractivity contribution in [2.75, 3.05) is 5.32 Å². The molecule has 0 unspecified atom stereocenters. The number of hydrazone groups is 1. The number of aromatic nitrogens is 1. The summed E-state index contributed by atoms with van der Waals surface area (Å²) in [5.74, 6) is 0. The Morgan fingerprint density at radius 2 is 1.81 bits per heavy atom. The smallest absolute Gasteiger partial charge is 0.316 e. The minimum Gasteiger partial charge on any atom is -0.316 e. The number of benzene rings is 2. The number of hydrogen-bond donors (Lipinski definition) is 2. The second-order valence-electron chi connectivity index (χ2n) is 6.36. The third kappa shape index (κ3) is 4.57. The molecule has 6 heteroatoms. The molecule has 2 aromatic carbocycles. The highest BCUT2D eigenvalue weighted by Crippen LogP contribution is 2.20. The van der Waals surface area contributed by atoms with Crippen molar-refractivity contribution in [3.63, 3.8) is 0 Å². The molecule has 0 fully saturated rings. The van der Waals surface area contributed by atoms with Gasteiger partial charge in [-0.25, -0.2) is 10.2 Å². The standard InChI is InChI=1S/C21H21ClN4O/c1-14-6-8-17(11-16(14)3)24-21(27)25-23-13-19-5-4-10-26(19)18-9-7-15(2)20(22)12-18/h4-13H,1-3H3,(H2,24,25,27)/b23-13+. The molecule has 3 aromatic rings. The van der Waals surface area contributed by atoms with E-state index in [-0.39, 0.29) is 0 Å². The summed E-state index contributed by atoms with van der Waals surface area (Å²) < 4.78 is 1.94. The summed E-state index contributed by atoms with van der Waals surface area (Å²) in [5, 5.41) is 7.50. The molecule has 1 aromatic heterocycles. The van der Waals surface area contributed by atoms with Crippen molar-refractivity contribution >= 4 is 29.5 Å². The van der Waals surface area contributed by atoms with E-state index in [2.05, 4.69) is 15.8 Å². The number of aryl methyl sites for hydroxylation is 3. The van der Waals surface area contributed by atoms with Crippen molar-refractivity contribution in [3.05, 3.63) is 82.1 Å². The number of amides is 2. The lowest BCUT2D eigenvalue weighted by molar-refractivity contribution is 0.252. The highest BCUT2D eigenvalue weighted by Gasteiger charge is 2.05. The van der Waals surface area contributed by atoms with Crippen LogP contribution < -0.4 is 10.7 Å². The van der Waals surface area contributed by atoms with Gasteiger partial charge in [-0.1, -0.05) is 23.7 Å². The third-order valence-electron chi connectivity index (χ3n) is 4.34. The average molecular weight is 381 g/mol. The van der Waals surface area contributed by atoms with E-state index in [1.165, 1.54) is 5.56 Å². The summed E-state index contributed by atoms with van der Waals surface area (Å²) in [7, 11) is 0. The van der Waals surface area contributed by atoms with Gasteiger partial charge in [-0.3, -0.25) is 0 Å². The topological polar surface area (TPSA) is 58.4 Å². The van der Waals surface area contributed by atoms with Crippen molar-refractivity contribution in [1.82, 2.24) is 9.99 Å². The Hall–Kier alpha value is -3.05. The zero-order valence-corrected chi connectivity index (χ0v) is 16.2. The molecule has 0 aliphatic rings. The Kier molecular flexibility index (Phi) is 5.62. The van der Waals surface area contributed by atoms with Crippen LogP contribution in [-0.2, 0) is 0 Å². The fraction of sp³-hybridized carbons (Fsp3) is 0.143. The van der Waals surface area contributed by atoms with Gasteiger partial charge in [-0.2, -0.15) is 5.10 Å². The van der Waals surface area contributed by atoms with Gasteiger partial charge in [0.15, 0.2) is 0 Å². The van der Waals surface area contributed by atoms with Crippen LogP contribution in [0.4, 0.5) is 10.5 Å². The summed E-state index contributed by atoms with van der Waals surface area (Å²) in [4.78, 5) is 12.0. The lowest BCUT2D eigenvalue weighted by Crippen LogP contribution is -2.24. The van der Waals surface area contributed by atoms with Crippen molar-refractivity contribution in [2.24, 2.45) is 5.10 Å². The van der Waals surface area contributed by atoms with Crippen LogP contribution >= 0.6 is 11.6 Å². The molecule has 27 heavy (non-hydrogen) atoms. The van der Waals surface area contributed by atoms with E-state index in [1.807, 2.05) is 80.1 Å². The number of rotatable bonds is 4. The summed E-state index contributed by atoms with van der Waals surface area (Å²) in [6.07, 6.45) is 3.51. The van der Waals surface area contributed by atoms with Crippen molar-refractivity contribution in [2.45, 2.75) is 20.8 Å². The van der Waals surface area contributed by atoms with E-state index in [1.54, 1.807) is 6.21 Å². The van der Waals surface area contributed by atoms with Gasteiger partial charge >= 0.3 is 6.03 Å². The van der Waals surface area contributed by atoms with Gasteiger partial charge in [0.05, 0.1) is 11.9 Å². The second-order valence-corrected chi connectivity index (χ2v) is 6.77. The van der Waals surface area contributed by atoms with Crippen molar-refractivity contribution in [3.8, 4) is 5.69 Å². The molecule has 0 atom stereocenters. The van der Waals surface area contributed by atoms with Crippen LogP contribution in [-0.4, -0.2) is 16.8 Å². The van der Waals surface area contributed by atoms with Crippen LogP contribution in [0.25, 0.3) is 5.69 Å². The maximum atomic E-state index is 12.0. The Morgan fingerprint density at radius 1 is 1.04 bits per heavy atom. The molecule has 138 valence electrons. The first-order chi connectivity index (χ1) is 12.9. The van der Waals surface area contributed by atoms with Gasteiger partial charge in [-0.15, -0.1) is 0 Å². The number of carbonyl (C=O) groups is 1. The number of nitrogens with one attached hydrogen (secondary N) is 2. The Bertz CT molecular complexity index is 1010. The first-order valence-electron chi connectivity index (χ1n) is 8.55. The maximum Gasteiger partial charge on any atom is 0.339 e. The molecule has 0 aliphatic carbocycles. The quantitative estimate of drug-likeness (QED) is 0.473. The molecule has 2 N–H and O–H groups in total. The molecule has 0 saturated heterocycles. The largest absolute Gasteiger partial charge is 0.339 e. The van der Waals surface area contributed by atoms with E-state index in [9.17, 15) is 4.79 Å². The molecule has 0 radical (unpaired) electrons. The second kappa shape index (κ2) is 8.10. The predicted molar refractivity (Wildman–Crippen MR) is 111 cm³/mol. The number of carbonyl (C=O) groups excluding carboxylic acids is 1. The fourth-order valence-electron chi connectivity index (χ4n) is 2.60. The molecule has 2 amide bonds. The van der Waals surface area contributed by atoms with E-state index < -0.39 is 6.03 Å². The van der Waals surface area contributed by atoms with Crippen LogP contribution in [0, 0.1) is 20.8 Å². The monoisotopic (exact) mass is 380 g/mol. The first-order valence-corrected chi connectivity index (χ1v) is 8.93. The zero-order chi connectivity index (χ0) is 19.4. The molecule has 1 heterocycles. The Morgan fingerprint density at radius 3 is 2.56 bits per heavy atom. The average Bonchev–Trinajstić information content (AvgIpc) is 3.09. The van der Waals surface area contributed by atoms with Crippen LogP contribution in [0.1, 0.15) is 22.4 Å². The number of nitrogens with zero attached hydrogens (tertiary/aromatic N) is 2. The van der Waals surface area contributed by atoms with Crippen molar-refractivity contribution < 1.29 is 4.79 Å². The molecule has 0 spiro atoms. The van der Waals surface area contributed by atoms with E-state index >= 15 is 0 Å². The molecule has 0 bridgehead atoms. The van der Waals surface area contributed by atoms with Crippen LogP contribution in [0.15, 0.2) is 59.8 Å². The van der Waals surface area contributed by atoms with E-state index in [0.717, 1.165) is 28.2 Å². The van der Waals surface area contributed by atoms with E-state index in [0.29, 0.717) is 5.02 Å². The predicted octanol–water partition coefficient (Wildman–Crippen LogP) is 5.21. The number of hydrogen-bond acceptors (Lipinski definition) is 2. The molecule has 0 saturated carbocycles. The van der Waals surface area contributed by atoms with Crippen molar-refractivity contribution in [1.29, 1.82) is 0 Å². The maximum absolute atomic E-state index is 12.0. The highest BCUT2D eigenvalue weighted by molar-refractivity contribution is 6.31. The number of anilines is 1. The van der Waals surface area contributed by atoms with Gasteiger partial charge in [0.1, 0.15) is 0 Å². The molecule has 3 rings (SSSR count). The highest BCUT2D eigenvalue weighted by atomic mass is 35.5. The summed E-state index contributed by atoms with van der Waals surface area (Å²) in [6.45, 7) is 5.99. The summed E-state index contributed by atoms with van der Waals surface area (Å²) in [5.41, 5.74) is 8.27. The van der Waals surface area contributed by atoms with E-state index in [4.69, 9.17) is 11.6 Å². The lowest BCUT2D eigenvalue weighted by atomic mass is 10.1. The number of urea groups is 1. The summed E-state index contributed by atoms with van der Waals surface area (Å²) >= 11 is 6.21. The van der Waals surface area contributed by atoms with Crippen LogP contribution in [0.2, 0.25) is 5.02 Å². The molecular formula is C21H21ClN4O. The minimum atomic E-state index is -0.397. The van der Waals surface area contributed by atoms with Gasteiger partial charge in [-0.05, 0) is 73.9 Å². The van der Waals surface area contributed by atoms with Gasteiger partial charge in [0.25, 0.3) is 0 Å². The zero-order valence-electron chi connectivity index (χ0n) is 15.5. The Labute approximate surface area is 163 Å². The van der Waals surface area contributed by atoms with Gasteiger partial charge in [0, 0.05) is 22.6 Å². The Balaban J connectivity index is 1.66. The van der Waals surface area contributed by atoms with Gasteiger partial charge < -0.3 is 9.88 Å². The van der Waals surface area contributed by atoms with Gasteiger partial charge in [0.2, 0.25) is 0 Å². The molecule has 0 aliphatic heterocycles. The third-order valence-corrected chi connectivity index (χ3v) is 4.75. The molecule has 5 nitrogen and oxygen atoms in total. The van der Waals surface area contributed by atoms with Crippen LogP contribution in [0.5, 0.6) is 0 Å². The number of halogens is 1. The SMILES string of the molecule is Cc1ccc(NC(=O)N/N=C/c2cccn2-c2ccc(C)c(Cl)c2)cc1C. The fourth-order valence-corrected chi connectivity index (χ4v) is 2.78. The van der Waals surface area contributed by atoms with Crippen LogP contribution in [0.3, 0.4) is 0 Å². The lowest BCUT2D eigenvalue weighted by Gasteiger charge is -2.08.